The van der Waals surface area contributed by atoms with Gasteiger partial charge in [-0.25, -0.2) is 0 Å². The predicted octanol–water partition coefficient (Wildman–Crippen LogP) is 2.83. The quantitative estimate of drug-likeness (QED) is 0.869. The fourth-order valence-corrected chi connectivity index (χ4v) is 2.76. The molecule has 1 aliphatic heterocycles. The van der Waals surface area contributed by atoms with Gasteiger partial charge in [0.2, 0.25) is 0 Å². The molecule has 2 aromatic rings. The van der Waals surface area contributed by atoms with E-state index in [2.05, 4.69) is 5.32 Å². The van der Waals surface area contributed by atoms with Crippen LogP contribution < -0.4 is 10.1 Å². The van der Waals surface area contributed by atoms with Crippen molar-refractivity contribution in [3.63, 3.8) is 0 Å². The molecule has 122 valence electrons. The van der Waals surface area contributed by atoms with Crippen LogP contribution in [0, 0.1) is 0 Å². The number of imide groups is 1. The highest BCUT2D eigenvalue weighted by molar-refractivity contribution is 6.32. The number of amides is 3. The summed E-state index contributed by atoms with van der Waals surface area (Å²) in [4.78, 5) is 37.4. The average molecular weight is 345 g/mol. The van der Waals surface area contributed by atoms with Crippen molar-refractivity contribution in [1.82, 2.24) is 4.90 Å². The Bertz CT molecular complexity index is 879. The van der Waals surface area contributed by atoms with E-state index in [4.69, 9.17) is 16.3 Å². The molecule has 0 saturated carbocycles. The highest BCUT2D eigenvalue weighted by Gasteiger charge is 2.33. The summed E-state index contributed by atoms with van der Waals surface area (Å²) in [6, 6.07) is 9.36. The molecule has 0 saturated heterocycles. The van der Waals surface area contributed by atoms with E-state index in [9.17, 15) is 14.4 Å². The van der Waals surface area contributed by atoms with E-state index in [1.54, 1.807) is 18.2 Å². The van der Waals surface area contributed by atoms with Gasteiger partial charge in [-0.2, -0.15) is 0 Å². The van der Waals surface area contributed by atoms with Gasteiger partial charge in [-0.1, -0.05) is 17.7 Å². The number of carbonyl (C=O) groups is 3. The van der Waals surface area contributed by atoms with E-state index in [1.807, 2.05) is 0 Å². The third-order valence-electron chi connectivity index (χ3n) is 3.77. The smallest absolute Gasteiger partial charge is 0.261 e. The van der Waals surface area contributed by atoms with Crippen LogP contribution in [0.5, 0.6) is 5.75 Å². The van der Waals surface area contributed by atoms with Crippen molar-refractivity contribution in [3.05, 3.63) is 58.1 Å². The molecule has 1 aliphatic rings. The van der Waals surface area contributed by atoms with Gasteiger partial charge in [0.05, 0.1) is 28.9 Å². The number of halogens is 1. The zero-order valence-corrected chi connectivity index (χ0v) is 13.7. The van der Waals surface area contributed by atoms with Crippen LogP contribution in [0.15, 0.2) is 36.4 Å². The Kier molecular flexibility index (Phi) is 3.99. The van der Waals surface area contributed by atoms with Crippen LogP contribution in [0.2, 0.25) is 5.02 Å². The largest absolute Gasteiger partial charge is 0.493 e. The summed E-state index contributed by atoms with van der Waals surface area (Å²) in [5.41, 5.74) is 1.18. The average Bonchev–Trinajstić information content (AvgIpc) is 2.79. The molecule has 3 amide bonds. The fraction of sp³-hybridized carbons (Fsp3) is 0.118. The van der Waals surface area contributed by atoms with Crippen molar-refractivity contribution < 1.29 is 19.1 Å². The number of hydrogen-bond acceptors (Lipinski definition) is 4. The Balaban J connectivity index is 1.92. The number of hydrogen-bond donors (Lipinski definition) is 1. The number of para-hydroxylation sites is 1. The number of ether oxygens (including phenoxy) is 1. The maximum absolute atomic E-state index is 12.4. The molecule has 0 aliphatic carbocycles. The molecule has 3 rings (SSSR count). The van der Waals surface area contributed by atoms with Crippen molar-refractivity contribution in [3.8, 4) is 5.75 Å². The van der Waals surface area contributed by atoms with Crippen molar-refractivity contribution in [2.75, 3.05) is 19.5 Å². The topological polar surface area (TPSA) is 75.7 Å². The summed E-state index contributed by atoms with van der Waals surface area (Å²) in [6.45, 7) is 0. The second-order valence-electron chi connectivity index (χ2n) is 5.20. The van der Waals surface area contributed by atoms with Crippen LogP contribution in [0.25, 0.3) is 0 Å². The van der Waals surface area contributed by atoms with E-state index in [0.717, 1.165) is 4.90 Å². The first-order chi connectivity index (χ1) is 11.4. The van der Waals surface area contributed by atoms with Crippen LogP contribution in [0.4, 0.5) is 5.69 Å². The standard InChI is InChI=1S/C17H13ClN2O4/c1-20-16(22)10-7-6-9(8-11(10)17(20)23)15(21)19-13-5-3-4-12(18)14(13)24-2/h3-8H,1-2H3,(H,19,21). The molecule has 1 heterocycles. The van der Waals surface area contributed by atoms with Gasteiger partial charge in [-0.15, -0.1) is 0 Å². The third-order valence-corrected chi connectivity index (χ3v) is 4.07. The van der Waals surface area contributed by atoms with Gasteiger partial charge in [0.25, 0.3) is 17.7 Å². The maximum atomic E-state index is 12.4. The molecule has 7 heteroatoms. The summed E-state index contributed by atoms with van der Waals surface area (Å²) in [5.74, 6) is -0.892. The number of nitrogens with one attached hydrogen (secondary N) is 1. The van der Waals surface area contributed by atoms with Gasteiger partial charge in [-0.05, 0) is 30.3 Å². The normalized spacial score (nSPS) is 13.0. The van der Waals surface area contributed by atoms with Gasteiger partial charge in [0, 0.05) is 12.6 Å². The number of fused-ring (bicyclic) bond motifs is 1. The second kappa shape index (κ2) is 5.98. The molecule has 2 aromatic carbocycles. The highest BCUT2D eigenvalue weighted by atomic mass is 35.5. The van der Waals surface area contributed by atoms with Gasteiger partial charge < -0.3 is 10.1 Å². The van der Waals surface area contributed by atoms with Crippen LogP contribution in [-0.2, 0) is 0 Å². The Labute approximate surface area is 143 Å². The van der Waals surface area contributed by atoms with Gasteiger partial charge in [-0.3, -0.25) is 19.3 Å². The molecule has 24 heavy (non-hydrogen) atoms. The Hall–Kier alpha value is -2.86. The van der Waals surface area contributed by atoms with E-state index in [1.165, 1.54) is 32.4 Å². The molecular weight excluding hydrogens is 332 g/mol. The molecule has 0 radical (unpaired) electrons. The van der Waals surface area contributed by atoms with Crippen molar-refractivity contribution >= 4 is 35.0 Å². The first-order valence-corrected chi connectivity index (χ1v) is 7.42. The minimum absolute atomic E-state index is 0.216. The lowest BCUT2D eigenvalue weighted by Crippen LogP contribution is -2.24. The molecular formula is C17H13ClN2O4. The summed E-state index contributed by atoms with van der Waals surface area (Å²) < 4.78 is 5.18. The zero-order chi connectivity index (χ0) is 17.4. The first kappa shape index (κ1) is 16.0. The molecule has 0 unspecified atom stereocenters. The lowest BCUT2D eigenvalue weighted by atomic mass is 10.1. The SMILES string of the molecule is COc1c(Cl)cccc1NC(=O)c1ccc2c(c1)C(=O)N(C)C2=O. The van der Waals surface area contributed by atoms with Crippen molar-refractivity contribution in [2.24, 2.45) is 0 Å². The molecule has 6 nitrogen and oxygen atoms in total. The molecule has 0 spiro atoms. The maximum Gasteiger partial charge on any atom is 0.261 e. The monoisotopic (exact) mass is 344 g/mol. The number of rotatable bonds is 3. The summed E-state index contributed by atoms with van der Waals surface area (Å²) in [6.07, 6.45) is 0. The number of anilines is 1. The number of methoxy groups -OCH3 is 1. The third kappa shape index (κ3) is 2.51. The van der Waals surface area contributed by atoms with Crippen LogP contribution >= 0.6 is 11.6 Å². The van der Waals surface area contributed by atoms with Gasteiger partial charge in [0.15, 0.2) is 5.75 Å². The second-order valence-corrected chi connectivity index (χ2v) is 5.61. The molecule has 0 aromatic heterocycles. The summed E-state index contributed by atoms with van der Waals surface area (Å²) >= 11 is 6.02. The van der Waals surface area contributed by atoms with Crippen LogP contribution in [0.1, 0.15) is 31.1 Å². The zero-order valence-electron chi connectivity index (χ0n) is 12.9. The van der Waals surface area contributed by atoms with Crippen LogP contribution in [-0.4, -0.2) is 36.8 Å². The van der Waals surface area contributed by atoms with E-state index < -0.39 is 11.8 Å². The lowest BCUT2D eigenvalue weighted by molar-refractivity contribution is 0.0693. The first-order valence-electron chi connectivity index (χ1n) is 7.04. The van der Waals surface area contributed by atoms with E-state index in [0.29, 0.717) is 22.0 Å². The molecule has 0 atom stereocenters. The summed E-state index contributed by atoms with van der Waals surface area (Å²) in [7, 11) is 2.85. The Morgan fingerprint density at radius 2 is 1.83 bits per heavy atom. The number of benzene rings is 2. The Morgan fingerprint density at radius 1 is 1.12 bits per heavy atom. The Morgan fingerprint density at radius 3 is 2.54 bits per heavy atom. The van der Waals surface area contributed by atoms with Crippen LogP contribution in [0.3, 0.4) is 0 Å². The van der Waals surface area contributed by atoms with Gasteiger partial charge in [0.1, 0.15) is 0 Å². The van der Waals surface area contributed by atoms with Crippen molar-refractivity contribution in [1.29, 1.82) is 0 Å². The van der Waals surface area contributed by atoms with Gasteiger partial charge >= 0.3 is 0 Å². The number of nitrogens with zero attached hydrogens (tertiary/aromatic N) is 1. The molecule has 1 N–H and O–H groups in total. The van der Waals surface area contributed by atoms with Crippen molar-refractivity contribution in [2.45, 2.75) is 0 Å². The lowest BCUT2D eigenvalue weighted by Gasteiger charge is -2.11. The minimum Gasteiger partial charge on any atom is -0.493 e. The molecule has 0 bridgehead atoms. The fourth-order valence-electron chi connectivity index (χ4n) is 2.51. The highest BCUT2D eigenvalue weighted by Crippen LogP contribution is 2.33. The number of carbonyl (C=O) groups excluding carboxylic acids is 3. The van der Waals surface area contributed by atoms with E-state index in [-0.39, 0.29) is 17.0 Å². The minimum atomic E-state index is -0.437. The van der Waals surface area contributed by atoms with E-state index >= 15 is 0 Å². The summed E-state index contributed by atoms with van der Waals surface area (Å²) in [5, 5.41) is 3.06. The predicted molar refractivity (Wildman–Crippen MR) is 88.8 cm³/mol. The molecule has 0 fully saturated rings.